The zero-order chi connectivity index (χ0) is 18.2. The number of benzene rings is 1. The minimum Gasteiger partial charge on any atom is -0.361 e. The summed E-state index contributed by atoms with van der Waals surface area (Å²) < 4.78 is 0. The first-order valence-corrected chi connectivity index (χ1v) is 8.87. The van der Waals surface area contributed by atoms with E-state index in [0.29, 0.717) is 13.0 Å². The number of carbonyl (C=O) groups excluding carboxylic acids is 2. The van der Waals surface area contributed by atoms with Gasteiger partial charge in [-0.1, -0.05) is 32.0 Å². The van der Waals surface area contributed by atoms with Gasteiger partial charge < -0.3 is 20.5 Å². The molecule has 6 nitrogen and oxygen atoms in total. The Hall–Kier alpha value is -2.34. The fourth-order valence-electron chi connectivity index (χ4n) is 2.98. The summed E-state index contributed by atoms with van der Waals surface area (Å²) in [6.45, 7) is 8.92. The maximum absolute atomic E-state index is 12.5. The molecule has 2 amide bonds. The van der Waals surface area contributed by atoms with Crippen molar-refractivity contribution in [1.82, 2.24) is 20.5 Å². The van der Waals surface area contributed by atoms with Crippen LogP contribution in [0.25, 0.3) is 10.9 Å². The number of para-hydroxylation sites is 1. The van der Waals surface area contributed by atoms with Crippen LogP contribution in [0.3, 0.4) is 0 Å². The van der Waals surface area contributed by atoms with Crippen LogP contribution in [0.2, 0.25) is 0 Å². The molecule has 0 spiro atoms. The Morgan fingerprint density at radius 1 is 1.20 bits per heavy atom. The van der Waals surface area contributed by atoms with Crippen LogP contribution in [-0.2, 0) is 16.0 Å². The van der Waals surface area contributed by atoms with Gasteiger partial charge in [-0.3, -0.25) is 9.59 Å². The number of carbonyl (C=O) groups is 2. The van der Waals surface area contributed by atoms with Crippen molar-refractivity contribution in [3.8, 4) is 0 Å². The summed E-state index contributed by atoms with van der Waals surface area (Å²) in [4.78, 5) is 29.5. The molecule has 0 fully saturated rings. The summed E-state index contributed by atoms with van der Waals surface area (Å²) in [6, 6.07) is 7.37. The summed E-state index contributed by atoms with van der Waals surface area (Å²) in [6.07, 6.45) is 2.36. The molecule has 0 saturated carbocycles. The molecule has 0 bridgehead atoms. The molecule has 2 aromatic rings. The van der Waals surface area contributed by atoms with E-state index in [2.05, 4.69) is 34.4 Å². The molecule has 136 valence electrons. The highest BCUT2D eigenvalue weighted by molar-refractivity contribution is 5.89. The standard InChI is InChI=1S/C19H28N4O2/c1-4-23(5-2)11-10-20-19(25)18(22-14(3)24)12-15-13-21-17-9-7-6-8-16(15)17/h6-9,13,18,21H,4-5,10-12H2,1-3H3,(H,20,25)(H,22,24). The number of nitrogens with one attached hydrogen (secondary N) is 3. The summed E-state index contributed by atoms with van der Waals surface area (Å²) in [7, 11) is 0. The molecule has 0 aliphatic carbocycles. The molecule has 3 N–H and O–H groups in total. The van der Waals surface area contributed by atoms with Gasteiger partial charge in [-0.15, -0.1) is 0 Å². The number of hydrogen-bond donors (Lipinski definition) is 3. The zero-order valence-electron chi connectivity index (χ0n) is 15.3. The lowest BCUT2D eigenvalue weighted by atomic mass is 10.0. The maximum atomic E-state index is 12.5. The smallest absolute Gasteiger partial charge is 0.242 e. The normalized spacial score (nSPS) is 12.3. The molecule has 1 aromatic heterocycles. The van der Waals surface area contributed by atoms with Gasteiger partial charge in [0.15, 0.2) is 0 Å². The van der Waals surface area contributed by atoms with Crippen LogP contribution in [0.4, 0.5) is 0 Å². The number of fused-ring (bicyclic) bond motifs is 1. The van der Waals surface area contributed by atoms with Crippen molar-refractivity contribution in [2.24, 2.45) is 0 Å². The molecule has 2 rings (SSSR count). The molecule has 0 aliphatic rings. The van der Waals surface area contributed by atoms with Crippen molar-refractivity contribution in [2.75, 3.05) is 26.2 Å². The van der Waals surface area contributed by atoms with Crippen LogP contribution in [0.15, 0.2) is 30.5 Å². The Morgan fingerprint density at radius 3 is 2.60 bits per heavy atom. The second-order valence-corrected chi connectivity index (χ2v) is 6.13. The van der Waals surface area contributed by atoms with Crippen LogP contribution in [0, 0.1) is 0 Å². The van der Waals surface area contributed by atoms with Gasteiger partial charge in [0.05, 0.1) is 0 Å². The average molecular weight is 344 g/mol. The lowest BCUT2D eigenvalue weighted by Gasteiger charge is -2.21. The summed E-state index contributed by atoms with van der Waals surface area (Å²) in [5, 5.41) is 6.79. The number of H-pyrrole nitrogens is 1. The molecule has 1 unspecified atom stereocenters. The Kier molecular flexibility index (Phi) is 7.01. The van der Waals surface area contributed by atoms with E-state index in [1.54, 1.807) is 0 Å². The summed E-state index contributed by atoms with van der Waals surface area (Å²) in [5.41, 5.74) is 2.05. The number of amides is 2. The van der Waals surface area contributed by atoms with Gasteiger partial charge in [0, 0.05) is 43.5 Å². The minimum atomic E-state index is -0.576. The second kappa shape index (κ2) is 9.22. The van der Waals surface area contributed by atoms with E-state index >= 15 is 0 Å². The maximum Gasteiger partial charge on any atom is 0.242 e. The third kappa shape index (κ3) is 5.32. The van der Waals surface area contributed by atoms with Crippen LogP contribution in [-0.4, -0.2) is 53.9 Å². The third-order valence-electron chi connectivity index (χ3n) is 4.41. The fraction of sp³-hybridized carbons (Fsp3) is 0.474. The van der Waals surface area contributed by atoms with Crippen molar-refractivity contribution in [1.29, 1.82) is 0 Å². The van der Waals surface area contributed by atoms with Crippen molar-refractivity contribution in [3.63, 3.8) is 0 Å². The minimum absolute atomic E-state index is 0.146. The van der Waals surface area contributed by atoms with Crippen LogP contribution < -0.4 is 10.6 Å². The van der Waals surface area contributed by atoms with E-state index in [4.69, 9.17) is 0 Å². The quantitative estimate of drug-likeness (QED) is 0.648. The Bertz CT molecular complexity index is 706. The molecule has 1 atom stereocenters. The number of likely N-dealkylation sites (N-methyl/N-ethyl adjacent to an activating group) is 1. The van der Waals surface area contributed by atoms with Crippen LogP contribution >= 0.6 is 0 Å². The van der Waals surface area contributed by atoms with Crippen molar-refractivity contribution >= 4 is 22.7 Å². The summed E-state index contributed by atoms with van der Waals surface area (Å²) in [5.74, 6) is -0.351. The van der Waals surface area contributed by atoms with E-state index in [1.165, 1.54) is 6.92 Å². The Morgan fingerprint density at radius 2 is 1.92 bits per heavy atom. The van der Waals surface area contributed by atoms with Crippen LogP contribution in [0.1, 0.15) is 26.3 Å². The molecule has 0 radical (unpaired) electrons. The molecule has 6 heteroatoms. The summed E-state index contributed by atoms with van der Waals surface area (Å²) >= 11 is 0. The first-order valence-electron chi connectivity index (χ1n) is 8.87. The van der Waals surface area contributed by atoms with Gasteiger partial charge in [0.2, 0.25) is 11.8 Å². The highest BCUT2D eigenvalue weighted by atomic mass is 16.2. The highest BCUT2D eigenvalue weighted by Crippen LogP contribution is 2.19. The van der Waals surface area contributed by atoms with E-state index in [1.807, 2.05) is 30.5 Å². The number of nitrogens with zero attached hydrogens (tertiary/aromatic N) is 1. The fourth-order valence-corrected chi connectivity index (χ4v) is 2.98. The zero-order valence-corrected chi connectivity index (χ0v) is 15.3. The largest absolute Gasteiger partial charge is 0.361 e. The number of rotatable bonds is 9. The van der Waals surface area contributed by atoms with Gasteiger partial charge in [-0.05, 0) is 24.7 Å². The average Bonchev–Trinajstić information content (AvgIpc) is 3.01. The number of aromatic nitrogens is 1. The van der Waals surface area contributed by atoms with Gasteiger partial charge in [-0.25, -0.2) is 0 Å². The topological polar surface area (TPSA) is 77.2 Å². The molecule has 1 aromatic carbocycles. The van der Waals surface area contributed by atoms with Gasteiger partial charge in [-0.2, -0.15) is 0 Å². The van der Waals surface area contributed by atoms with Crippen molar-refractivity contribution < 1.29 is 9.59 Å². The van der Waals surface area contributed by atoms with E-state index in [9.17, 15) is 9.59 Å². The predicted molar refractivity (Wildman–Crippen MR) is 100 cm³/mol. The molecule has 25 heavy (non-hydrogen) atoms. The van der Waals surface area contributed by atoms with E-state index < -0.39 is 6.04 Å². The molecule has 0 aliphatic heterocycles. The van der Waals surface area contributed by atoms with Gasteiger partial charge in [0.25, 0.3) is 0 Å². The Labute approximate surface area is 149 Å². The number of hydrogen-bond acceptors (Lipinski definition) is 3. The first kappa shape index (κ1) is 19.0. The van der Waals surface area contributed by atoms with Gasteiger partial charge >= 0.3 is 0 Å². The lowest BCUT2D eigenvalue weighted by molar-refractivity contribution is -0.128. The lowest BCUT2D eigenvalue weighted by Crippen LogP contribution is -2.48. The monoisotopic (exact) mass is 344 g/mol. The SMILES string of the molecule is CCN(CC)CCNC(=O)C(Cc1c[nH]c2ccccc12)NC(C)=O. The highest BCUT2D eigenvalue weighted by Gasteiger charge is 2.21. The van der Waals surface area contributed by atoms with Crippen molar-refractivity contribution in [2.45, 2.75) is 33.2 Å². The van der Waals surface area contributed by atoms with E-state index in [0.717, 1.165) is 36.1 Å². The van der Waals surface area contributed by atoms with E-state index in [-0.39, 0.29) is 11.8 Å². The van der Waals surface area contributed by atoms with Gasteiger partial charge in [0.1, 0.15) is 6.04 Å². The molecular weight excluding hydrogens is 316 g/mol. The third-order valence-corrected chi connectivity index (χ3v) is 4.41. The molecular formula is C19H28N4O2. The number of aromatic amines is 1. The molecule has 0 saturated heterocycles. The first-order chi connectivity index (χ1) is 12.0. The Balaban J connectivity index is 2.02. The van der Waals surface area contributed by atoms with Crippen molar-refractivity contribution in [3.05, 3.63) is 36.0 Å². The van der Waals surface area contributed by atoms with Crippen LogP contribution in [0.5, 0.6) is 0 Å². The molecule has 1 heterocycles. The predicted octanol–water partition coefficient (Wildman–Crippen LogP) is 1.67. The second-order valence-electron chi connectivity index (χ2n) is 6.13.